The molecule has 0 aliphatic carbocycles. The third-order valence-electron chi connectivity index (χ3n) is 5.51. The highest BCUT2D eigenvalue weighted by Crippen LogP contribution is 2.33. The number of carbonyl (C=O) groups is 3. The fraction of sp³-hybridized carbons (Fsp3) is 0.292. The number of rotatable bonds is 7. The molecule has 12 heteroatoms. The number of anilines is 1. The van der Waals surface area contributed by atoms with Crippen molar-refractivity contribution in [3.05, 3.63) is 62.5 Å². The lowest BCUT2D eigenvalue weighted by atomic mass is 9.97. The summed E-state index contributed by atoms with van der Waals surface area (Å²) >= 11 is 13.5. The van der Waals surface area contributed by atoms with E-state index in [0.29, 0.717) is 35.3 Å². The van der Waals surface area contributed by atoms with Gasteiger partial charge in [0.25, 0.3) is 0 Å². The Balaban J connectivity index is 1.29. The number of nitrogens with zero attached hydrogens (tertiary/aromatic N) is 3. The van der Waals surface area contributed by atoms with Crippen LogP contribution in [0.4, 0.5) is 5.69 Å². The number of hydrogen-bond donors (Lipinski definition) is 1. The fourth-order valence-corrected chi connectivity index (χ4v) is 4.99. The summed E-state index contributed by atoms with van der Waals surface area (Å²) in [5.41, 5.74) is 1.08. The van der Waals surface area contributed by atoms with Crippen LogP contribution in [0.5, 0.6) is 0 Å². The average molecular weight is 549 g/mol. The molecular weight excluding hydrogens is 527 g/mol. The molecule has 1 aromatic carbocycles. The molecular formula is C24H22Cl2N4O5S. The molecule has 1 aliphatic rings. The molecule has 0 atom stereocenters. The van der Waals surface area contributed by atoms with Gasteiger partial charge in [0.1, 0.15) is 5.69 Å². The van der Waals surface area contributed by atoms with Crippen LogP contribution >= 0.6 is 34.5 Å². The molecule has 3 aromatic rings. The summed E-state index contributed by atoms with van der Waals surface area (Å²) in [7, 11) is 0. The summed E-state index contributed by atoms with van der Waals surface area (Å²) in [4.78, 5) is 42.9. The molecule has 0 unspecified atom stereocenters. The predicted octanol–water partition coefficient (Wildman–Crippen LogP) is 5.18. The van der Waals surface area contributed by atoms with Gasteiger partial charge in [-0.2, -0.15) is 0 Å². The first-order valence-corrected chi connectivity index (χ1v) is 12.8. The highest BCUT2D eigenvalue weighted by atomic mass is 35.5. The predicted molar refractivity (Wildman–Crippen MR) is 136 cm³/mol. The van der Waals surface area contributed by atoms with Crippen molar-refractivity contribution in [2.24, 2.45) is 0 Å². The van der Waals surface area contributed by atoms with E-state index in [1.54, 1.807) is 30.0 Å². The van der Waals surface area contributed by atoms with E-state index in [2.05, 4.69) is 15.5 Å². The standard InChI is InChI=1S/C24H22Cl2N4O5S/c1-2-34-24(33)17-12-19(35-29-17)18-13-36-23(28-18)14-8-10-30(11-9-14)21(32)7-6-20(31)27-16-5-3-4-15(25)22(16)26/h3-7,12-14H,2,8-11H2,1H3,(H,27,31). The van der Waals surface area contributed by atoms with E-state index >= 15 is 0 Å². The Morgan fingerprint density at radius 1 is 1.25 bits per heavy atom. The van der Waals surface area contributed by atoms with E-state index in [-0.39, 0.29) is 29.1 Å². The highest BCUT2D eigenvalue weighted by molar-refractivity contribution is 7.10. The number of benzene rings is 1. The fourth-order valence-electron chi connectivity index (χ4n) is 3.66. The molecule has 1 fully saturated rings. The number of halogens is 2. The molecule has 2 amide bonds. The second kappa shape index (κ2) is 11.7. The Hall–Kier alpha value is -3.21. The van der Waals surface area contributed by atoms with Crippen LogP contribution in [0, 0.1) is 0 Å². The van der Waals surface area contributed by atoms with Crippen LogP contribution in [0.3, 0.4) is 0 Å². The maximum Gasteiger partial charge on any atom is 0.360 e. The smallest absolute Gasteiger partial charge is 0.360 e. The molecule has 0 radical (unpaired) electrons. The lowest BCUT2D eigenvalue weighted by molar-refractivity contribution is -0.127. The zero-order chi connectivity index (χ0) is 25.7. The van der Waals surface area contributed by atoms with Gasteiger partial charge in [-0.05, 0) is 31.9 Å². The molecule has 3 heterocycles. The normalized spacial score (nSPS) is 14.2. The van der Waals surface area contributed by atoms with Crippen molar-refractivity contribution in [1.82, 2.24) is 15.0 Å². The molecule has 0 spiro atoms. The van der Waals surface area contributed by atoms with Crippen molar-refractivity contribution in [2.75, 3.05) is 25.0 Å². The zero-order valence-electron chi connectivity index (χ0n) is 19.2. The van der Waals surface area contributed by atoms with Gasteiger partial charge in [-0.25, -0.2) is 9.78 Å². The largest absolute Gasteiger partial charge is 0.461 e. The number of likely N-dealkylation sites (tertiary alicyclic amines) is 1. The van der Waals surface area contributed by atoms with Gasteiger partial charge in [0.15, 0.2) is 11.5 Å². The van der Waals surface area contributed by atoms with Crippen LogP contribution in [0.2, 0.25) is 10.0 Å². The van der Waals surface area contributed by atoms with E-state index in [0.717, 1.165) is 17.8 Å². The molecule has 4 rings (SSSR count). The number of hydrogen-bond acceptors (Lipinski definition) is 8. The van der Waals surface area contributed by atoms with Crippen molar-refractivity contribution in [3.63, 3.8) is 0 Å². The summed E-state index contributed by atoms with van der Waals surface area (Å²) in [5.74, 6) is -0.669. The number of aromatic nitrogens is 2. The van der Waals surface area contributed by atoms with Gasteiger partial charge in [-0.15, -0.1) is 11.3 Å². The quantitative estimate of drug-likeness (QED) is 0.319. The molecule has 0 saturated carbocycles. The minimum Gasteiger partial charge on any atom is -0.461 e. The van der Waals surface area contributed by atoms with E-state index < -0.39 is 11.9 Å². The van der Waals surface area contributed by atoms with Crippen LogP contribution in [-0.2, 0) is 14.3 Å². The number of amides is 2. The minimum absolute atomic E-state index is 0.102. The molecule has 1 saturated heterocycles. The summed E-state index contributed by atoms with van der Waals surface area (Å²) in [6, 6.07) is 6.42. The lowest BCUT2D eigenvalue weighted by Crippen LogP contribution is -2.37. The van der Waals surface area contributed by atoms with Gasteiger partial charge in [0, 0.05) is 42.6 Å². The maximum absolute atomic E-state index is 12.6. The average Bonchev–Trinajstić information content (AvgIpc) is 3.56. The number of carbonyl (C=O) groups excluding carboxylic acids is 3. The third kappa shape index (κ3) is 6.13. The van der Waals surface area contributed by atoms with Crippen LogP contribution in [0.1, 0.15) is 41.2 Å². The Kier molecular flexibility index (Phi) is 8.40. The van der Waals surface area contributed by atoms with Crippen molar-refractivity contribution >= 4 is 58.0 Å². The first kappa shape index (κ1) is 25.9. The Labute approximate surface area is 221 Å². The SMILES string of the molecule is CCOC(=O)c1cc(-c2csc(C3CCN(C(=O)C=CC(=O)Nc4cccc(Cl)c4Cl)CC3)n2)on1. The van der Waals surface area contributed by atoms with Crippen LogP contribution in [0.25, 0.3) is 11.5 Å². The van der Waals surface area contributed by atoms with Gasteiger partial charge < -0.3 is 19.5 Å². The van der Waals surface area contributed by atoms with E-state index in [1.807, 2.05) is 5.38 Å². The molecule has 36 heavy (non-hydrogen) atoms. The van der Waals surface area contributed by atoms with Gasteiger partial charge in [0.05, 0.1) is 27.3 Å². The summed E-state index contributed by atoms with van der Waals surface area (Å²) in [5, 5.41) is 9.71. The monoisotopic (exact) mass is 548 g/mol. The van der Waals surface area contributed by atoms with E-state index in [1.165, 1.54) is 29.6 Å². The zero-order valence-corrected chi connectivity index (χ0v) is 21.5. The van der Waals surface area contributed by atoms with Crippen molar-refractivity contribution in [3.8, 4) is 11.5 Å². The second-order valence-corrected chi connectivity index (χ2v) is 9.57. The molecule has 1 aliphatic heterocycles. The summed E-state index contributed by atoms with van der Waals surface area (Å²) < 4.78 is 10.2. The Morgan fingerprint density at radius 3 is 2.78 bits per heavy atom. The highest BCUT2D eigenvalue weighted by Gasteiger charge is 2.26. The minimum atomic E-state index is -0.542. The van der Waals surface area contributed by atoms with Gasteiger partial charge in [-0.1, -0.05) is 34.4 Å². The first-order valence-electron chi connectivity index (χ1n) is 11.2. The third-order valence-corrected chi connectivity index (χ3v) is 7.34. The van der Waals surface area contributed by atoms with Crippen LogP contribution in [0.15, 0.2) is 46.3 Å². The van der Waals surface area contributed by atoms with Gasteiger partial charge in [0.2, 0.25) is 11.8 Å². The van der Waals surface area contributed by atoms with Crippen LogP contribution < -0.4 is 5.32 Å². The molecule has 0 bridgehead atoms. The Bertz CT molecular complexity index is 1300. The summed E-state index contributed by atoms with van der Waals surface area (Å²) in [6.07, 6.45) is 3.91. The topological polar surface area (TPSA) is 115 Å². The van der Waals surface area contributed by atoms with E-state index in [4.69, 9.17) is 32.5 Å². The van der Waals surface area contributed by atoms with Crippen LogP contribution in [-0.4, -0.2) is 52.5 Å². The van der Waals surface area contributed by atoms with Crippen molar-refractivity contribution < 1.29 is 23.6 Å². The molecule has 9 nitrogen and oxygen atoms in total. The number of nitrogens with one attached hydrogen (secondary N) is 1. The molecule has 2 aromatic heterocycles. The first-order chi connectivity index (χ1) is 17.4. The second-order valence-electron chi connectivity index (χ2n) is 7.89. The number of esters is 1. The number of thiazole rings is 1. The molecule has 188 valence electrons. The van der Waals surface area contributed by atoms with Gasteiger partial charge >= 0.3 is 5.97 Å². The van der Waals surface area contributed by atoms with Gasteiger partial charge in [-0.3, -0.25) is 9.59 Å². The summed E-state index contributed by atoms with van der Waals surface area (Å²) in [6.45, 7) is 3.06. The lowest BCUT2D eigenvalue weighted by Gasteiger charge is -2.30. The van der Waals surface area contributed by atoms with Crippen molar-refractivity contribution in [2.45, 2.75) is 25.7 Å². The Morgan fingerprint density at radius 2 is 2.03 bits per heavy atom. The number of ether oxygens (including phenoxy) is 1. The number of piperidine rings is 1. The maximum atomic E-state index is 12.6. The van der Waals surface area contributed by atoms with E-state index in [9.17, 15) is 14.4 Å². The van der Waals surface area contributed by atoms with Crippen molar-refractivity contribution in [1.29, 1.82) is 0 Å². The molecule has 1 N–H and O–H groups in total.